The van der Waals surface area contributed by atoms with E-state index in [0.717, 1.165) is 5.56 Å². The van der Waals surface area contributed by atoms with E-state index in [4.69, 9.17) is 4.74 Å². The van der Waals surface area contributed by atoms with Crippen molar-refractivity contribution in [2.45, 2.75) is 6.42 Å². The average Bonchev–Trinajstić information content (AvgIpc) is 2.53. The van der Waals surface area contributed by atoms with Gasteiger partial charge in [0.25, 0.3) is 5.91 Å². The maximum atomic E-state index is 11.7. The highest BCUT2D eigenvalue weighted by Crippen LogP contribution is 2.11. The largest absolute Gasteiger partial charge is 0.508 e. The predicted molar refractivity (Wildman–Crippen MR) is 81.5 cm³/mol. The van der Waals surface area contributed by atoms with E-state index >= 15 is 0 Å². The van der Waals surface area contributed by atoms with Gasteiger partial charge in [0, 0.05) is 6.54 Å². The molecule has 5 heteroatoms. The molecule has 0 unspecified atom stereocenters. The minimum absolute atomic E-state index is 0.0261. The molecular weight excluding hydrogens is 282 g/mol. The first-order valence-electron chi connectivity index (χ1n) is 6.92. The lowest BCUT2D eigenvalue weighted by Crippen LogP contribution is -2.30. The van der Waals surface area contributed by atoms with E-state index in [2.05, 4.69) is 5.32 Å². The van der Waals surface area contributed by atoms with Crippen LogP contribution in [0.4, 0.5) is 0 Å². The lowest BCUT2D eigenvalue weighted by atomic mass is 10.1. The molecule has 0 aliphatic heterocycles. The molecule has 2 aromatic carbocycles. The van der Waals surface area contributed by atoms with Crippen LogP contribution in [0.2, 0.25) is 0 Å². The second-order valence-electron chi connectivity index (χ2n) is 4.71. The van der Waals surface area contributed by atoms with Gasteiger partial charge in [0.05, 0.1) is 5.56 Å². The first-order chi connectivity index (χ1) is 10.6. The van der Waals surface area contributed by atoms with Crippen molar-refractivity contribution >= 4 is 11.9 Å². The molecular formula is C17H17NO4. The Bertz CT molecular complexity index is 640. The molecule has 1 amide bonds. The van der Waals surface area contributed by atoms with Crippen molar-refractivity contribution in [3.05, 3.63) is 65.7 Å². The van der Waals surface area contributed by atoms with Crippen LogP contribution in [0.15, 0.2) is 54.6 Å². The summed E-state index contributed by atoms with van der Waals surface area (Å²) in [6.07, 6.45) is 0.715. The number of carbonyl (C=O) groups is 2. The molecule has 0 aliphatic carbocycles. The van der Waals surface area contributed by atoms with Gasteiger partial charge in [-0.2, -0.15) is 0 Å². The lowest BCUT2D eigenvalue weighted by molar-refractivity contribution is -0.124. The van der Waals surface area contributed by atoms with Gasteiger partial charge in [0.15, 0.2) is 6.61 Å². The fourth-order valence-corrected chi connectivity index (χ4v) is 1.89. The van der Waals surface area contributed by atoms with Crippen LogP contribution in [-0.2, 0) is 16.0 Å². The number of esters is 1. The van der Waals surface area contributed by atoms with Gasteiger partial charge in [0.1, 0.15) is 5.75 Å². The van der Waals surface area contributed by atoms with Crippen molar-refractivity contribution in [3.63, 3.8) is 0 Å². The maximum Gasteiger partial charge on any atom is 0.338 e. The quantitative estimate of drug-likeness (QED) is 0.799. The Morgan fingerprint density at radius 2 is 1.82 bits per heavy atom. The molecule has 0 bridgehead atoms. The summed E-state index contributed by atoms with van der Waals surface area (Å²) in [6, 6.07) is 15.6. The summed E-state index contributed by atoms with van der Waals surface area (Å²) in [5, 5.41) is 12.0. The van der Waals surface area contributed by atoms with Crippen LogP contribution in [-0.4, -0.2) is 30.1 Å². The van der Waals surface area contributed by atoms with Gasteiger partial charge in [-0.3, -0.25) is 4.79 Å². The molecule has 0 saturated heterocycles. The van der Waals surface area contributed by atoms with Gasteiger partial charge in [-0.25, -0.2) is 4.79 Å². The molecule has 2 rings (SSSR count). The molecule has 22 heavy (non-hydrogen) atoms. The van der Waals surface area contributed by atoms with E-state index in [1.807, 2.05) is 30.3 Å². The van der Waals surface area contributed by atoms with E-state index in [-0.39, 0.29) is 23.8 Å². The number of amides is 1. The van der Waals surface area contributed by atoms with E-state index in [1.165, 1.54) is 24.3 Å². The normalized spacial score (nSPS) is 10.0. The zero-order chi connectivity index (χ0) is 15.8. The van der Waals surface area contributed by atoms with E-state index in [1.54, 1.807) is 0 Å². The third-order valence-corrected chi connectivity index (χ3v) is 2.99. The van der Waals surface area contributed by atoms with Gasteiger partial charge in [-0.15, -0.1) is 0 Å². The number of benzene rings is 2. The Kier molecular flexibility index (Phi) is 5.54. The highest BCUT2D eigenvalue weighted by Gasteiger charge is 2.10. The summed E-state index contributed by atoms with van der Waals surface area (Å²) in [4.78, 5) is 23.3. The van der Waals surface area contributed by atoms with Crippen LogP contribution in [0.1, 0.15) is 15.9 Å². The molecule has 2 aromatic rings. The molecule has 114 valence electrons. The Balaban J connectivity index is 1.70. The monoisotopic (exact) mass is 299 g/mol. The molecule has 0 fully saturated rings. The first kappa shape index (κ1) is 15.6. The van der Waals surface area contributed by atoms with Crippen molar-refractivity contribution in [1.29, 1.82) is 0 Å². The number of aromatic hydroxyl groups is 1. The Morgan fingerprint density at radius 1 is 1.05 bits per heavy atom. The topological polar surface area (TPSA) is 75.6 Å². The number of hydrogen-bond acceptors (Lipinski definition) is 4. The molecule has 0 heterocycles. The van der Waals surface area contributed by atoms with E-state index in [0.29, 0.717) is 13.0 Å². The second-order valence-corrected chi connectivity index (χ2v) is 4.71. The van der Waals surface area contributed by atoms with Gasteiger partial charge >= 0.3 is 5.97 Å². The number of phenols is 1. The summed E-state index contributed by atoms with van der Waals surface area (Å²) in [6.45, 7) is 0.135. The van der Waals surface area contributed by atoms with Crippen molar-refractivity contribution < 1.29 is 19.4 Å². The maximum absolute atomic E-state index is 11.7. The fourth-order valence-electron chi connectivity index (χ4n) is 1.89. The van der Waals surface area contributed by atoms with Crippen molar-refractivity contribution in [2.75, 3.05) is 13.2 Å². The van der Waals surface area contributed by atoms with Gasteiger partial charge in [-0.1, -0.05) is 36.4 Å². The molecule has 2 N–H and O–H groups in total. The molecule has 0 saturated carbocycles. The number of nitrogens with one attached hydrogen (secondary N) is 1. The fraction of sp³-hybridized carbons (Fsp3) is 0.176. The summed E-state index contributed by atoms with van der Waals surface area (Å²) in [5.74, 6) is -1.03. The molecule has 0 atom stereocenters. The van der Waals surface area contributed by atoms with Crippen LogP contribution in [0, 0.1) is 0 Å². The Labute approximate surface area is 128 Å². The minimum atomic E-state index is -0.644. The third-order valence-electron chi connectivity index (χ3n) is 2.99. The highest BCUT2D eigenvalue weighted by molar-refractivity contribution is 5.91. The summed E-state index contributed by atoms with van der Waals surface area (Å²) < 4.78 is 4.89. The highest BCUT2D eigenvalue weighted by atomic mass is 16.5. The number of hydrogen-bond donors (Lipinski definition) is 2. The summed E-state index contributed by atoms with van der Waals surface area (Å²) in [5.41, 5.74) is 1.33. The number of rotatable bonds is 6. The SMILES string of the molecule is O=C(COC(=O)c1cccc(O)c1)NCCc1ccccc1. The smallest absolute Gasteiger partial charge is 0.338 e. The molecule has 0 spiro atoms. The third kappa shape index (κ3) is 4.94. The van der Waals surface area contributed by atoms with Gasteiger partial charge in [0.2, 0.25) is 0 Å². The number of carbonyl (C=O) groups excluding carboxylic acids is 2. The van der Waals surface area contributed by atoms with Gasteiger partial charge in [-0.05, 0) is 30.2 Å². The van der Waals surface area contributed by atoms with Crippen LogP contribution in [0.5, 0.6) is 5.75 Å². The number of phenolic OH excluding ortho intramolecular Hbond substituents is 1. The van der Waals surface area contributed by atoms with Crippen LogP contribution in [0.25, 0.3) is 0 Å². The van der Waals surface area contributed by atoms with Crippen LogP contribution < -0.4 is 5.32 Å². The molecule has 0 aromatic heterocycles. The Morgan fingerprint density at radius 3 is 2.55 bits per heavy atom. The summed E-state index contributed by atoms with van der Waals surface area (Å²) in [7, 11) is 0. The van der Waals surface area contributed by atoms with Crippen LogP contribution >= 0.6 is 0 Å². The van der Waals surface area contributed by atoms with Crippen LogP contribution in [0.3, 0.4) is 0 Å². The first-order valence-corrected chi connectivity index (χ1v) is 6.92. The second kappa shape index (κ2) is 7.83. The predicted octanol–water partition coefficient (Wildman–Crippen LogP) is 1.91. The van der Waals surface area contributed by atoms with Crippen molar-refractivity contribution in [3.8, 4) is 5.75 Å². The average molecular weight is 299 g/mol. The Hall–Kier alpha value is -2.82. The standard InChI is InChI=1S/C17H17NO4/c19-15-8-4-7-14(11-15)17(21)22-12-16(20)18-10-9-13-5-2-1-3-6-13/h1-8,11,19H,9-10,12H2,(H,18,20). The molecule has 5 nitrogen and oxygen atoms in total. The zero-order valence-electron chi connectivity index (χ0n) is 12.0. The minimum Gasteiger partial charge on any atom is -0.508 e. The van der Waals surface area contributed by atoms with Crippen molar-refractivity contribution in [1.82, 2.24) is 5.32 Å². The summed E-state index contributed by atoms with van der Waals surface area (Å²) >= 11 is 0. The number of ether oxygens (including phenoxy) is 1. The van der Waals surface area contributed by atoms with E-state index in [9.17, 15) is 14.7 Å². The van der Waals surface area contributed by atoms with Crippen molar-refractivity contribution in [2.24, 2.45) is 0 Å². The van der Waals surface area contributed by atoms with E-state index < -0.39 is 5.97 Å². The zero-order valence-corrected chi connectivity index (χ0v) is 12.0. The van der Waals surface area contributed by atoms with Gasteiger partial charge < -0.3 is 15.2 Å². The molecule has 0 radical (unpaired) electrons. The molecule has 0 aliphatic rings. The lowest BCUT2D eigenvalue weighted by Gasteiger charge is -2.07.